The van der Waals surface area contributed by atoms with Gasteiger partial charge in [-0.25, -0.2) is 4.98 Å². The van der Waals surface area contributed by atoms with Crippen LogP contribution in [0.1, 0.15) is 50.6 Å². The van der Waals surface area contributed by atoms with Gasteiger partial charge in [0.25, 0.3) is 0 Å². The number of hydrogen-bond donors (Lipinski definition) is 1. The molecular formula is C14H24F3N3S. The van der Waals surface area contributed by atoms with E-state index in [1.165, 1.54) is 23.3 Å². The third-order valence-electron chi connectivity index (χ3n) is 3.21. The first-order chi connectivity index (χ1) is 9.64. The van der Waals surface area contributed by atoms with Crippen molar-refractivity contribution in [1.29, 1.82) is 0 Å². The molecule has 0 saturated carbocycles. The third-order valence-corrected chi connectivity index (χ3v) is 4.39. The van der Waals surface area contributed by atoms with E-state index in [-0.39, 0.29) is 5.92 Å². The summed E-state index contributed by atoms with van der Waals surface area (Å²) >= 11 is 1.35. The lowest BCUT2D eigenvalue weighted by Gasteiger charge is -2.17. The maximum absolute atomic E-state index is 12.5. The van der Waals surface area contributed by atoms with Crippen LogP contribution in [0.25, 0.3) is 0 Å². The molecule has 1 unspecified atom stereocenters. The molecule has 7 heteroatoms. The lowest BCUT2D eigenvalue weighted by molar-refractivity contribution is -0.119. The normalized spacial score (nSPS) is 13.8. The molecule has 0 spiro atoms. The van der Waals surface area contributed by atoms with Crippen molar-refractivity contribution >= 4 is 16.5 Å². The van der Waals surface area contributed by atoms with E-state index in [9.17, 15) is 13.2 Å². The zero-order valence-corrected chi connectivity index (χ0v) is 14.0. The molecule has 0 radical (unpaired) electrons. The summed E-state index contributed by atoms with van der Waals surface area (Å²) in [5, 5.41) is 3.74. The third kappa shape index (κ3) is 5.82. The highest BCUT2D eigenvalue weighted by Crippen LogP contribution is 2.33. The molecule has 1 atom stereocenters. The summed E-state index contributed by atoms with van der Waals surface area (Å²) in [6.45, 7) is 7.87. The van der Waals surface area contributed by atoms with Crippen molar-refractivity contribution in [2.75, 3.05) is 18.5 Å². The quantitative estimate of drug-likeness (QED) is 0.817. The molecule has 0 aliphatic carbocycles. The summed E-state index contributed by atoms with van der Waals surface area (Å²) in [6.07, 6.45) is -3.30. The van der Waals surface area contributed by atoms with Gasteiger partial charge in [-0.15, -0.1) is 11.3 Å². The van der Waals surface area contributed by atoms with Crippen molar-refractivity contribution in [3.8, 4) is 0 Å². The number of nitrogens with zero attached hydrogens (tertiary/aromatic N) is 2. The van der Waals surface area contributed by atoms with Gasteiger partial charge in [0, 0.05) is 24.5 Å². The molecule has 1 aromatic rings. The Kier molecular flexibility index (Phi) is 6.46. The molecule has 1 rings (SSSR count). The van der Waals surface area contributed by atoms with Crippen LogP contribution in [0.3, 0.4) is 0 Å². The van der Waals surface area contributed by atoms with Gasteiger partial charge in [0.2, 0.25) is 0 Å². The van der Waals surface area contributed by atoms with Crippen molar-refractivity contribution in [3.05, 3.63) is 10.6 Å². The molecule has 0 fully saturated rings. The van der Waals surface area contributed by atoms with Crippen LogP contribution < -0.4 is 10.2 Å². The largest absolute Gasteiger partial charge is 0.405 e. The highest BCUT2D eigenvalue weighted by Gasteiger charge is 2.31. The Morgan fingerprint density at radius 3 is 2.38 bits per heavy atom. The minimum Gasteiger partial charge on any atom is -0.342 e. The van der Waals surface area contributed by atoms with Crippen LogP contribution >= 0.6 is 11.3 Å². The van der Waals surface area contributed by atoms with Gasteiger partial charge in [-0.2, -0.15) is 13.2 Å². The van der Waals surface area contributed by atoms with E-state index in [1.54, 1.807) is 0 Å². The lowest BCUT2D eigenvalue weighted by Crippen LogP contribution is -2.30. The van der Waals surface area contributed by atoms with Crippen molar-refractivity contribution in [2.45, 2.75) is 58.8 Å². The fraction of sp³-hybridized carbons (Fsp3) is 0.786. The van der Waals surface area contributed by atoms with Crippen molar-refractivity contribution in [2.24, 2.45) is 0 Å². The van der Waals surface area contributed by atoms with Crippen LogP contribution in [-0.4, -0.2) is 30.8 Å². The van der Waals surface area contributed by atoms with Gasteiger partial charge in [0.15, 0.2) is 5.13 Å². The molecule has 21 heavy (non-hydrogen) atoms. The molecule has 0 aliphatic heterocycles. The van der Waals surface area contributed by atoms with Crippen molar-refractivity contribution in [1.82, 2.24) is 10.3 Å². The molecule has 0 aromatic carbocycles. The zero-order chi connectivity index (χ0) is 16.2. The molecular weight excluding hydrogens is 299 g/mol. The van der Waals surface area contributed by atoms with Gasteiger partial charge in [-0.1, -0.05) is 27.7 Å². The molecule has 122 valence electrons. The van der Waals surface area contributed by atoms with Gasteiger partial charge < -0.3 is 10.2 Å². The van der Waals surface area contributed by atoms with E-state index in [4.69, 9.17) is 0 Å². The van der Waals surface area contributed by atoms with E-state index < -0.39 is 12.7 Å². The van der Waals surface area contributed by atoms with Crippen LogP contribution in [-0.2, 0) is 6.54 Å². The first-order valence-corrected chi connectivity index (χ1v) is 7.96. The van der Waals surface area contributed by atoms with Crippen LogP contribution in [0.4, 0.5) is 18.3 Å². The zero-order valence-electron chi connectivity index (χ0n) is 13.2. The van der Waals surface area contributed by atoms with E-state index in [0.717, 1.165) is 17.0 Å². The Morgan fingerprint density at radius 2 is 1.90 bits per heavy atom. The molecule has 0 saturated heterocycles. The van der Waals surface area contributed by atoms with Gasteiger partial charge in [0.1, 0.15) is 6.54 Å². The van der Waals surface area contributed by atoms with Crippen molar-refractivity contribution in [3.63, 3.8) is 0 Å². The first kappa shape index (κ1) is 18.2. The second kappa shape index (κ2) is 7.45. The molecule has 0 aliphatic rings. The minimum atomic E-state index is -4.21. The average Bonchev–Trinajstić information content (AvgIpc) is 2.77. The number of alkyl halides is 3. The second-order valence-electron chi connectivity index (χ2n) is 5.62. The topological polar surface area (TPSA) is 28.2 Å². The Labute approximate surface area is 128 Å². The molecule has 0 bridgehead atoms. The minimum absolute atomic E-state index is 0.248. The fourth-order valence-corrected chi connectivity index (χ4v) is 2.94. The summed E-state index contributed by atoms with van der Waals surface area (Å²) in [7, 11) is 1.44. The summed E-state index contributed by atoms with van der Waals surface area (Å²) in [6, 6.07) is 0.327. The number of anilines is 1. The molecule has 1 aromatic heterocycles. The van der Waals surface area contributed by atoms with Gasteiger partial charge in [0.05, 0.1) is 5.69 Å². The SMILES string of the molecule is CCC(C)c1nc(N(C)CC(F)(F)F)sc1CNC(C)C. The molecule has 0 amide bonds. The number of thiazole rings is 1. The maximum atomic E-state index is 12.5. The standard InChI is InChI=1S/C14H24F3N3S/c1-6-10(4)12-11(7-18-9(2)3)21-13(19-12)20(5)8-14(15,16)17/h9-10,18H,6-8H2,1-5H3. The number of hydrogen-bond acceptors (Lipinski definition) is 4. The van der Waals surface area contributed by atoms with E-state index in [2.05, 4.69) is 24.1 Å². The lowest BCUT2D eigenvalue weighted by atomic mass is 10.0. The second-order valence-corrected chi connectivity index (χ2v) is 6.68. The number of halogens is 3. The van der Waals surface area contributed by atoms with E-state index in [1.807, 2.05) is 13.8 Å². The van der Waals surface area contributed by atoms with E-state index in [0.29, 0.717) is 17.7 Å². The Hall–Kier alpha value is -0.820. The smallest absolute Gasteiger partial charge is 0.342 e. The van der Waals surface area contributed by atoms with Gasteiger partial charge in [-0.05, 0) is 12.3 Å². The monoisotopic (exact) mass is 323 g/mol. The predicted molar refractivity (Wildman–Crippen MR) is 82.1 cm³/mol. The highest BCUT2D eigenvalue weighted by atomic mass is 32.1. The van der Waals surface area contributed by atoms with Gasteiger partial charge in [-0.3, -0.25) is 0 Å². The number of rotatable bonds is 7. The Balaban J connectivity index is 2.96. The van der Waals surface area contributed by atoms with Crippen LogP contribution in [0.15, 0.2) is 0 Å². The number of aromatic nitrogens is 1. The fourth-order valence-electron chi connectivity index (χ4n) is 1.85. The van der Waals surface area contributed by atoms with Crippen LogP contribution in [0.5, 0.6) is 0 Å². The predicted octanol–water partition coefficient (Wildman–Crippen LogP) is 4.15. The Bertz CT molecular complexity index is 443. The summed E-state index contributed by atoms with van der Waals surface area (Å²) in [5.74, 6) is 0.248. The summed E-state index contributed by atoms with van der Waals surface area (Å²) in [4.78, 5) is 6.65. The molecule has 1 heterocycles. The van der Waals surface area contributed by atoms with Gasteiger partial charge >= 0.3 is 6.18 Å². The summed E-state index contributed by atoms with van der Waals surface area (Å²) in [5.41, 5.74) is 0.916. The van der Waals surface area contributed by atoms with Crippen molar-refractivity contribution < 1.29 is 13.2 Å². The molecule has 1 N–H and O–H groups in total. The highest BCUT2D eigenvalue weighted by molar-refractivity contribution is 7.15. The van der Waals surface area contributed by atoms with Crippen LogP contribution in [0.2, 0.25) is 0 Å². The van der Waals surface area contributed by atoms with E-state index >= 15 is 0 Å². The summed E-state index contributed by atoms with van der Waals surface area (Å²) < 4.78 is 37.5. The Morgan fingerprint density at radius 1 is 1.29 bits per heavy atom. The number of nitrogens with one attached hydrogen (secondary N) is 1. The first-order valence-electron chi connectivity index (χ1n) is 7.14. The average molecular weight is 323 g/mol. The molecule has 3 nitrogen and oxygen atoms in total. The maximum Gasteiger partial charge on any atom is 0.405 e. The van der Waals surface area contributed by atoms with Crippen LogP contribution in [0, 0.1) is 0 Å².